The zero-order valence-corrected chi connectivity index (χ0v) is 8.80. The molecule has 0 N–H and O–H groups in total. The predicted molar refractivity (Wildman–Crippen MR) is 60.8 cm³/mol. The molecule has 0 aromatic rings. The van der Waals surface area contributed by atoms with Gasteiger partial charge in [0.15, 0.2) is 0 Å². The minimum absolute atomic E-state index is 0.510. The van der Waals surface area contributed by atoms with Crippen molar-refractivity contribution in [1.29, 1.82) is 0 Å². The van der Waals surface area contributed by atoms with Crippen molar-refractivity contribution >= 4 is 0 Å². The van der Waals surface area contributed by atoms with Crippen LogP contribution in [0, 0.1) is 11.8 Å². The van der Waals surface area contributed by atoms with Gasteiger partial charge < -0.3 is 4.90 Å². The second-order valence-corrected chi connectivity index (χ2v) is 4.09. The van der Waals surface area contributed by atoms with Crippen LogP contribution in [-0.2, 0) is 0 Å². The zero-order chi connectivity index (χ0) is 9.97. The Kier molecular flexibility index (Phi) is 2.58. The third-order valence-corrected chi connectivity index (χ3v) is 3.07. The van der Waals surface area contributed by atoms with Crippen LogP contribution in [0.15, 0.2) is 48.7 Å². The van der Waals surface area contributed by atoms with E-state index in [4.69, 9.17) is 0 Å². The number of likely N-dealkylation sites (N-methyl/N-ethyl adjacent to an activating group) is 1. The molecule has 0 bridgehead atoms. The Hall–Kier alpha value is -1.24. The zero-order valence-electron chi connectivity index (χ0n) is 8.80. The summed E-state index contributed by atoms with van der Waals surface area (Å²) in [5.74, 6) is 1.23. The molecule has 1 heteroatoms. The van der Waals surface area contributed by atoms with Crippen molar-refractivity contribution in [2.75, 3.05) is 7.05 Å². The molecule has 1 aliphatic carbocycles. The van der Waals surface area contributed by atoms with Crippen molar-refractivity contribution in [2.45, 2.75) is 13.0 Å². The molecule has 3 unspecified atom stereocenters. The minimum atomic E-state index is 0.510. The first-order valence-electron chi connectivity index (χ1n) is 5.21. The molecule has 3 atom stereocenters. The van der Waals surface area contributed by atoms with Crippen LogP contribution in [0.3, 0.4) is 0 Å². The molecular formula is C13H17N. The van der Waals surface area contributed by atoms with Gasteiger partial charge in [0.25, 0.3) is 0 Å². The Morgan fingerprint density at radius 2 is 1.64 bits per heavy atom. The number of nitrogens with zero attached hydrogens (tertiary/aromatic N) is 1. The summed E-state index contributed by atoms with van der Waals surface area (Å²) in [6.07, 6.45) is 17.6. The highest BCUT2D eigenvalue weighted by molar-refractivity contribution is 5.22. The minimum Gasteiger partial charge on any atom is -0.373 e. The fourth-order valence-electron chi connectivity index (χ4n) is 2.16. The van der Waals surface area contributed by atoms with E-state index in [1.165, 1.54) is 0 Å². The Bertz CT molecular complexity index is 277. The summed E-state index contributed by atoms with van der Waals surface area (Å²) >= 11 is 0. The van der Waals surface area contributed by atoms with Gasteiger partial charge in [0.2, 0.25) is 0 Å². The monoisotopic (exact) mass is 187 g/mol. The molecule has 0 amide bonds. The van der Waals surface area contributed by atoms with E-state index in [-0.39, 0.29) is 0 Å². The summed E-state index contributed by atoms with van der Waals surface area (Å²) in [4.78, 5) is 2.28. The van der Waals surface area contributed by atoms with Crippen LogP contribution in [-0.4, -0.2) is 18.0 Å². The summed E-state index contributed by atoms with van der Waals surface area (Å²) < 4.78 is 0. The van der Waals surface area contributed by atoms with Crippen LogP contribution in [0.5, 0.6) is 0 Å². The average molecular weight is 187 g/mol. The van der Waals surface area contributed by atoms with E-state index in [0.717, 1.165) is 0 Å². The summed E-state index contributed by atoms with van der Waals surface area (Å²) in [5, 5.41) is 0. The topological polar surface area (TPSA) is 3.24 Å². The second kappa shape index (κ2) is 3.87. The van der Waals surface area contributed by atoms with Crippen molar-refractivity contribution in [3.05, 3.63) is 48.7 Å². The molecular weight excluding hydrogens is 170 g/mol. The van der Waals surface area contributed by atoms with Crippen LogP contribution in [0.2, 0.25) is 0 Å². The van der Waals surface area contributed by atoms with Gasteiger partial charge in [0.1, 0.15) is 0 Å². The quantitative estimate of drug-likeness (QED) is 0.610. The van der Waals surface area contributed by atoms with E-state index < -0.39 is 0 Å². The third-order valence-electron chi connectivity index (χ3n) is 3.07. The van der Waals surface area contributed by atoms with Crippen molar-refractivity contribution in [3.8, 4) is 0 Å². The van der Waals surface area contributed by atoms with Crippen molar-refractivity contribution in [2.24, 2.45) is 11.8 Å². The van der Waals surface area contributed by atoms with Crippen molar-refractivity contribution in [3.63, 3.8) is 0 Å². The molecule has 0 radical (unpaired) electrons. The second-order valence-electron chi connectivity index (χ2n) is 4.09. The van der Waals surface area contributed by atoms with Gasteiger partial charge in [-0.15, -0.1) is 0 Å². The molecule has 0 aromatic carbocycles. The van der Waals surface area contributed by atoms with Gasteiger partial charge in [-0.3, -0.25) is 0 Å². The normalized spacial score (nSPS) is 35.3. The maximum absolute atomic E-state index is 2.31. The lowest BCUT2D eigenvalue weighted by Crippen LogP contribution is -2.36. The maximum atomic E-state index is 2.31. The number of hydrogen-bond donors (Lipinski definition) is 0. The molecule has 2 aliphatic rings. The molecule has 1 heterocycles. The Balaban J connectivity index is 2.15. The largest absolute Gasteiger partial charge is 0.373 e. The molecule has 0 saturated carbocycles. The first-order valence-corrected chi connectivity index (χ1v) is 5.21. The van der Waals surface area contributed by atoms with Crippen LogP contribution < -0.4 is 0 Å². The maximum Gasteiger partial charge on any atom is 0.0535 e. The van der Waals surface area contributed by atoms with Crippen LogP contribution >= 0.6 is 0 Å². The first kappa shape index (κ1) is 9.32. The molecule has 14 heavy (non-hydrogen) atoms. The Labute approximate surface area is 86.1 Å². The van der Waals surface area contributed by atoms with Gasteiger partial charge >= 0.3 is 0 Å². The van der Waals surface area contributed by atoms with Crippen LogP contribution in [0.25, 0.3) is 0 Å². The molecule has 0 aromatic heterocycles. The van der Waals surface area contributed by atoms with E-state index in [9.17, 15) is 0 Å². The fraction of sp³-hybridized carbons (Fsp3) is 0.385. The van der Waals surface area contributed by atoms with Crippen molar-refractivity contribution < 1.29 is 0 Å². The average Bonchev–Trinajstić information content (AvgIpc) is 2.20. The highest BCUT2D eigenvalue weighted by Gasteiger charge is 2.25. The van der Waals surface area contributed by atoms with Crippen molar-refractivity contribution in [1.82, 2.24) is 4.90 Å². The Morgan fingerprint density at radius 3 is 2.36 bits per heavy atom. The van der Waals surface area contributed by atoms with E-state index in [1.807, 2.05) is 0 Å². The molecule has 0 saturated heterocycles. The SMILES string of the molecule is CC1C=CC=CC1C1C=CC=CN1C. The fourth-order valence-corrected chi connectivity index (χ4v) is 2.16. The van der Waals surface area contributed by atoms with Gasteiger partial charge in [-0.05, 0) is 18.2 Å². The van der Waals surface area contributed by atoms with E-state index in [1.54, 1.807) is 0 Å². The lowest BCUT2D eigenvalue weighted by atomic mass is 9.83. The Morgan fingerprint density at radius 1 is 0.929 bits per heavy atom. The highest BCUT2D eigenvalue weighted by Crippen LogP contribution is 2.27. The number of rotatable bonds is 1. The summed E-state index contributed by atoms with van der Waals surface area (Å²) in [6, 6.07) is 0.510. The standard InChI is InChI=1S/C13H17N/c1-11-7-3-4-8-12(11)13-9-5-6-10-14(13)2/h3-13H,1-2H3. The van der Waals surface area contributed by atoms with Gasteiger partial charge in [-0.2, -0.15) is 0 Å². The number of allylic oxidation sites excluding steroid dienone is 5. The first-order chi connectivity index (χ1) is 6.79. The van der Waals surface area contributed by atoms with Gasteiger partial charge in [0.05, 0.1) is 6.04 Å². The van der Waals surface area contributed by atoms with Gasteiger partial charge in [-0.1, -0.05) is 43.4 Å². The van der Waals surface area contributed by atoms with E-state index in [2.05, 4.69) is 67.6 Å². The molecule has 74 valence electrons. The lowest BCUT2D eigenvalue weighted by Gasteiger charge is -2.35. The molecule has 2 rings (SSSR count). The van der Waals surface area contributed by atoms with Crippen LogP contribution in [0.1, 0.15) is 6.92 Å². The smallest absolute Gasteiger partial charge is 0.0535 e. The molecule has 0 fully saturated rings. The van der Waals surface area contributed by atoms with Gasteiger partial charge in [0, 0.05) is 13.0 Å². The molecule has 1 nitrogen and oxygen atoms in total. The summed E-state index contributed by atoms with van der Waals surface area (Å²) in [6.45, 7) is 2.28. The lowest BCUT2D eigenvalue weighted by molar-refractivity contribution is 0.278. The van der Waals surface area contributed by atoms with Gasteiger partial charge in [-0.25, -0.2) is 0 Å². The summed E-state index contributed by atoms with van der Waals surface area (Å²) in [5.41, 5.74) is 0. The highest BCUT2D eigenvalue weighted by atomic mass is 15.1. The van der Waals surface area contributed by atoms with E-state index in [0.29, 0.717) is 17.9 Å². The van der Waals surface area contributed by atoms with Crippen LogP contribution in [0.4, 0.5) is 0 Å². The predicted octanol–water partition coefficient (Wildman–Crippen LogP) is 2.75. The number of hydrogen-bond acceptors (Lipinski definition) is 1. The third kappa shape index (κ3) is 1.67. The summed E-state index contributed by atoms with van der Waals surface area (Å²) in [7, 11) is 2.14. The van der Waals surface area contributed by atoms with E-state index >= 15 is 0 Å². The molecule has 1 aliphatic heterocycles. The molecule has 0 spiro atoms.